The highest BCUT2D eigenvalue weighted by Crippen LogP contribution is 2.05. The highest BCUT2D eigenvalue weighted by molar-refractivity contribution is 5.91. The minimum absolute atomic E-state index is 0.120. The molecule has 62 valence electrons. The second-order valence-corrected chi connectivity index (χ2v) is 2.45. The van der Waals surface area contributed by atoms with Gasteiger partial charge in [0.1, 0.15) is 18.4 Å². The van der Waals surface area contributed by atoms with E-state index in [0.29, 0.717) is 25.5 Å². The van der Waals surface area contributed by atoms with Gasteiger partial charge in [-0.1, -0.05) is 0 Å². The van der Waals surface area contributed by atoms with Crippen molar-refractivity contribution in [3.63, 3.8) is 0 Å². The van der Waals surface area contributed by atoms with E-state index in [2.05, 4.69) is 0 Å². The van der Waals surface area contributed by atoms with Crippen LogP contribution in [0.25, 0.3) is 0 Å². The number of carbonyl (C=O) groups is 3. The summed E-state index contributed by atoms with van der Waals surface area (Å²) in [5.41, 5.74) is 0. The maximum atomic E-state index is 10.6. The van der Waals surface area contributed by atoms with E-state index in [1.165, 1.54) is 6.92 Å². The summed E-state index contributed by atoms with van der Waals surface area (Å²) in [6.07, 6.45) is 2.98. The van der Waals surface area contributed by atoms with Gasteiger partial charge in [-0.05, 0) is 19.8 Å². The van der Waals surface area contributed by atoms with Gasteiger partial charge in [-0.15, -0.1) is 0 Å². The molecule has 0 saturated carbocycles. The summed E-state index contributed by atoms with van der Waals surface area (Å²) >= 11 is 0. The number of hydrogen-bond acceptors (Lipinski definition) is 3. The van der Waals surface area contributed by atoms with Crippen molar-refractivity contribution >= 4 is 18.4 Å². The van der Waals surface area contributed by atoms with E-state index in [9.17, 15) is 14.4 Å². The molecule has 0 aliphatic rings. The summed E-state index contributed by atoms with van der Waals surface area (Å²) in [7, 11) is 0. The molecular weight excluding hydrogens is 144 g/mol. The third-order valence-corrected chi connectivity index (χ3v) is 1.52. The molecule has 0 saturated heterocycles. The van der Waals surface area contributed by atoms with E-state index in [4.69, 9.17) is 0 Å². The average molecular weight is 156 g/mol. The molecule has 0 aromatic heterocycles. The third-order valence-electron chi connectivity index (χ3n) is 1.52. The van der Waals surface area contributed by atoms with Crippen LogP contribution in [0.2, 0.25) is 0 Å². The summed E-state index contributed by atoms with van der Waals surface area (Å²) < 4.78 is 0. The average Bonchev–Trinajstić information content (AvgIpc) is 1.97. The number of rotatable bonds is 6. The summed E-state index contributed by atoms with van der Waals surface area (Å²) in [4.78, 5) is 30.8. The molecule has 0 heterocycles. The van der Waals surface area contributed by atoms with Gasteiger partial charge < -0.3 is 9.59 Å². The second kappa shape index (κ2) is 5.77. The Hall–Kier alpha value is -0.990. The van der Waals surface area contributed by atoms with Crippen molar-refractivity contribution in [1.29, 1.82) is 0 Å². The predicted molar refractivity (Wildman–Crippen MR) is 40.2 cm³/mol. The first-order chi connectivity index (χ1) is 5.22. The molecule has 1 atom stereocenters. The van der Waals surface area contributed by atoms with Gasteiger partial charge in [0.25, 0.3) is 0 Å². The fourth-order valence-corrected chi connectivity index (χ4v) is 0.788. The quantitative estimate of drug-likeness (QED) is 0.324. The smallest absolute Gasteiger partial charge is 0.139 e. The lowest BCUT2D eigenvalue weighted by Crippen LogP contribution is -2.11. The van der Waals surface area contributed by atoms with E-state index in [0.717, 1.165) is 6.29 Å². The molecule has 0 aromatic rings. The van der Waals surface area contributed by atoms with Gasteiger partial charge in [0.15, 0.2) is 0 Å². The van der Waals surface area contributed by atoms with Crippen LogP contribution >= 0.6 is 0 Å². The molecule has 0 amide bonds. The monoisotopic (exact) mass is 156 g/mol. The van der Waals surface area contributed by atoms with Crippen molar-refractivity contribution in [2.45, 2.75) is 26.2 Å². The van der Waals surface area contributed by atoms with Gasteiger partial charge in [0.05, 0.1) is 5.92 Å². The second-order valence-electron chi connectivity index (χ2n) is 2.45. The summed E-state index contributed by atoms with van der Waals surface area (Å²) in [5.74, 6) is -0.624. The fraction of sp³-hybridized carbons (Fsp3) is 0.625. The summed E-state index contributed by atoms with van der Waals surface area (Å²) in [6, 6.07) is 0. The predicted octanol–water partition coefficient (Wildman–Crippen LogP) is 0.760. The number of Topliss-reactive ketones (excluding diaryl/α,β-unsaturated/α-hetero) is 1. The van der Waals surface area contributed by atoms with Crippen molar-refractivity contribution in [2.24, 2.45) is 5.92 Å². The molecule has 0 aliphatic heterocycles. The molecule has 0 rings (SSSR count). The van der Waals surface area contributed by atoms with Crippen molar-refractivity contribution in [2.75, 3.05) is 0 Å². The van der Waals surface area contributed by atoms with Gasteiger partial charge in [-0.3, -0.25) is 4.79 Å². The zero-order chi connectivity index (χ0) is 8.69. The third kappa shape index (κ3) is 4.42. The van der Waals surface area contributed by atoms with Crippen molar-refractivity contribution in [3.8, 4) is 0 Å². The van der Waals surface area contributed by atoms with Crippen LogP contribution in [-0.4, -0.2) is 18.4 Å². The molecule has 1 unspecified atom stereocenters. The van der Waals surface area contributed by atoms with E-state index in [-0.39, 0.29) is 5.78 Å². The van der Waals surface area contributed by atoms with Crippen LogP contribution in [-0.2, 0) is 14.4 Å². The molecule has 0 N–H and O–H groups in total. The molecule has 0 aromatic carbocycles. The Morgan fingerprint density at radius 3 is 2.45 bits per heavy atom. The van der Waals surface area contributed by atoms with Crippen LogP contribution in [0.4, 0.5) is 0 Å². The van der Waals surface area contributed by atoms with Gasteiger partial charge in [0, 0.05) is 6.42 Å². The van der Waals surface area contributed by atoms with E-state index >= 15 is 0 Å². The van der Waals surface area contributed by atoms with E-state index in [1.807, 2.05) is 0 Å². The minimum Gasteiger partial charge on any atom is -0.303 e. The molecule has 11 heavy (non-hydrogen) atoms. The molecular formula is C8H12O3. The Morgan fingerprint density at radius 2 is 2.09 bits per heavy atom. The molecule has 0 spiro atoms. The van der Waals surface area contributed by atoms with Crippen molar-refractivity contribution < 1.29 is 14.4 Å². The highest BCUT2D eigenvalue weighted by atomic mass is 16.1. The van der Waals surface area contributed by atoms with Gasteiger partial charge in [-0.25, -0.2) is 0 Å². The standard InChI is InChI=1S/C8H12O3/c1-7(11)8(6-10)4-2-3-5-9/h5-6,8H,2-4H2,1H3. The summed E-state index contributed by atoms with van der Waals surface area (Å²) in [5, 5.41) is 0. The topological polar surface area (TPSA) is 51.2 Å². The van der Waals surface area contributed by atoms with Crippen molar-refractivity contribution in [1.82, 2.24) is 0 Å². The highest BCUT2D eigenvalue weighted by Gasteiger charge is 2.11. The lowest BCUT2D eigenvalue weighted by Gasteiger charge is -2.02. The maximum Gasteiger partial charge on any atom is 0.139 e. The number of carbonyl (C=O) groups excluding carboxylic acids is 3. The van der Waals surface area contributed by atoms with Crippen LogP contribution in [0.15, 0.2) is 0 Å². The molecule has 3 nitrogen and oxygen atoms in total. The number of ketones is 1. The first-order valence-corrected chi connectivity index (χ1v) is 3.61. The maximum absolute atomic E-state index is 10.6. The molecule has 0 radical (unpaired) electrons. The first-order valence-electron chi connectivity index (χ1n) is 3.61. The zero-order valence-electron chi connectivity index (χ0n) is 6.58. The SMILES string of the molecule is CC(=O)C(C=O)CCCC=O. The fourth-order valence-electron chi connectivity index (χ4n) is 0.788. The largest absolute Gasteiger partial charge is 0.303 e. The molecule has 0 bridgehead atoms. The zero-order valence-corrected chi connectivity index (χ0v) is 6.58. The van der Waals surface area contributed by atoms with E-state index in [1.54, 1.807) is 0 Å². The Balaban J connectivity index is 3.60. The summed E-state index contributed by atoms with van der Waals surface area (Å²) in [6.45, 7) is 1.39. The molecule has 3 heteroatoms. The number of hydrogen-bond donors (Lipinski definition) is 0. The normalized spacial score (nSPS) is 12.1. The number of aldehydes is 2. The van der Waals surface area contributed by atoms with Gasteiger partial charge in [0.2, 0.25) is 0 Å². The van der Waals surface area contributed by atoms with Crippen LogP contribution in [0.5, 0.6) is 0 Å². The van der Waals surface area contributed by atoms with Gasteiger partial charge >= 0.3 is 0 Å². The number of unbranched alkanes of at least 4 members (excludes halogenated alkanes) is 1. The van der Waals surface area contributed by atoms with Crippen LogP contribution < -0.4 is 0 Å². The first kappa shape index (κ1) is 10.0. The van der Waals surface area contributed by atoms with Crippen LogP contribution in [0, 0.1) is 5.92 Å². The van der Waals surface area contributed by atoms with E-state index < -0.39 is 5.92 Å². The lowest BCUT2D eigenvalue weighted by molar-refractivity contribution is -0.126. The van der Waals surface area contributed by atoms with Crippen molar-refractivity contribution in [3.05, 3.63) is 0 Å². The van der Waals surface area contributed by atoms with Gasteiger partial charge in [-0.2, -0.15) is 0 Å². The Bertz CT molecular complexity index is 151. The Labute approximate surface area is 65.8 Å². The van der Waals surface area contributed by atoms with Crippen LogP contribution in [0.1, 0.15) is 26.2 Å². The molecule has 0 fully saturated rings. The van der Waals surface area contributed by atoms with Crippen LogP contribution in [0.3, 0.4) is 0 Å². The Kier molecular flexibility index (Phi) is 5.25. The molecule has 0 aliphatic carbocycles. The lowest BCUT2D eigenvalue weighted by atomic mass is 10.0. The Morgan fingerprint density at radius 1 is 1.45 bits per heavy atom. The minimum atomic E-state index is -0.505.